The zero-order chi connectivity index (χ0) is 16.2. The molecule has 2 aromatic carbocycles. The molecule has 0 N–H and O–H groups in total. The molecule has 0 unspecified atom stereocenters. The number of benzene rings is 2. The number of rotatable bonds is 5. The number of hydrogen-bond donors (Lipinski definition) is 0. The fourth-order valence-corrected chi connectivity index (χ4v) is 2.98. The van der Waals surface area contributed by atoms with Crippen molar-refractivity contribution >= 4 is 33.7 Å². The fourth-order valence-electron chi connectivity index (χ4n) is 2.11. The highest BCUT2D eigenvalue weighted by atomic mass is 32.1. The van der Waals surface area contributed by atoms with E-state index in [0.29, 0.717) is 0 Å². The summed E-state index contributed by atoms with van der Waals surface area (Å²) in [5.41, 5.74) is 1.66. The van der Waals surface area contributed by atoms with Gasteiger partial charge in [-0.3, -0.25) is 0 Å². The number of nitrogens with zero attached hydrogens (tertiary/aromatic N) is 1. The lowest BCUT2D eigenvalue weighted by Crippen LogP contribution is -2.03. The molecule has 0 fully saturated rings. The van der Waals surface area contributed by atoms with Crippen LogP contribution in [0.4, 0.5) is 8.78 Å². The smallest absolute Gasteiger partial charge is 0.387 e. The SMILES string of the molecule is COc1ccc(/C=C/c2nc3ccccc3s2)cc1OC(F)F. The predicted molar refractivity (Wildman–Crippen MR) is 88.2 cm³/mol. The molecule has 118 valence electrons. The molecule has 0 saturated heterocycles. The highest BCUT2D eigenvalue weighted by Crippen LogP contribution is 2.30. The van der Waals surface area contributed by atoms with Crippen LogP contribution >= 0.6 is 11.3 Å². The van der Waals surface area contributed by atoms with E-state index in [2.05, 4.69) is 9.72 Å². The minimum Gasteiger partial charge on any atom is -0.493 e. The lowest BCUT2D eigenvalue weighted by atomic mass is 10.2. The summed E-state index contributed by atoms with van der Waals surface area (Å²) in [6, 6.07) is 12.7. The number of methoxy groups -OCH3 is 1. The molecule has 6 heteroatoms. The summed E-state index contributed by atoms with van der Waals surface area (Å²) in [5, 5.41) is 0.846. The average Bonchev–Trinajstić information content (AvgIpc) is 2.95. The Labute approximate surface area is 135 Å². The van der Waals surface area contributed by atoms with Gasteiger partial charge in [0.2, 0.25) is 0 Å². The van der Waals surface area contributed by atoms with Crippen LogP contribution in [-0.4, -0.2) is 18.7 Å². The van der Waals surface area contributed by atoms with Crippen molar-refractivity contribution in [1.82, 2.24) is 4.98 Å². The van der Waals surface area contributed by atoms with Crippen LogP contribution in [0.1, 0.15) is 10.6 Å². The van der Waals surface area contributed by atoms with E-state index >= 15 is 0 Å². The van der Waals surface area contributed by atoms with E-state index in [1.54, 1.807) is 29.5 Å². The molecule has 0 amide bonds. The number of thiazole rings is 1. The molecule has 0 saturated carbocycles. The highest BCUT2D eigenvalue weighted by molar-refractivity contribution is 7.19. The standard InChI is InChI=1S/C17H13F2NO2S/c1-21-13-8-6-11(10-14(13)22-17(18)19)7-9-16-20-12-4-2-3-5-15(12)23-16/h2-10,17H,1H3/b9-7+. The van der Waals surface area contributed by atoms with Gasteiger partial charge in [-0.15, -0.1) is 11.3 Å². The first-order valence-corrected chi connectivity index (χ1v) is 7.64. The van der Waals surface area contributed by atoms with Crippen molar-refractivity contribution in [2.24, 2.45) is 0 Å². The van der Waals surface area contributed by atoms with Crippen molar-refractivity contribution in [2.75, 3.05) is 7.11 Å². The first kappa shape index (κ1) is 15.4. The van der Waals surface area contributed by atoms with Crippen LogP contribution in [-0.2, 0) is 0 Å². The van der Waals surface area contributed by atoms with Crippen LogP contribution in [0.5, 0.6) is 11.5 Å². The molecule has 0 aliphatic heterocycles. The highest BCUT2D eigenvalue weighted by Gasteiger charge is 2.10. The van der Waals surface area contributed by atoms with Crippen molar-refractivity contribution in [3.05, 3.63) is 53.0 Å². The van der Waals surface area contributed by atoms with Crippen molar-refractivity contribution in [3.8, 4) is 11.5 Å². The molecule has 1 heterocycles. The van der Waals surface area contributed by atoms with E-state index in [0.717, 1.165) is 20.8 Å². The van der Waals surface area contributed by atoms with E-state index in [9.17, 15) is 8.78 Å². The third-order valence-electron chi connectivity index (χ3n) is 3.13. The zero-order valence-electron chi connectivity index (χ0n) is 12.2. The molecule has 23 heavy (non-hydrogen) atoms. The normalized spacial score (nSPS) is 11.5. The molecule has 3 nitrogen and oxygen atoms in total. The molecule has 0 bridgehead atoms. The topological polar surface area (TPSA) is 31.4 Å². The number of fused-ring (bicyclic) bond motifs is 1. The summed E-state index contributed by atoms with van der Waals surface area (Å²) in [6.45, 7) is -2.90. The summed E-state index contributed by atoms with van der Waals surface area (Å²) in [6.07, 6.45) is 3.65. The maximum atomic E-state index is 12.4. The second-order valence-electron chi connectivity index (χ2n) is 4.64. The van der Waals surface area contributed by atoms with Crippen LogP contribution in [0.25, 0.3) is 22.4 Å². The van der Waals surface area contributed by atoms with E-state index < -0.39 is 6.61 Å². The van der Waals surface area contributed by atoms with E-state index in [4.69, 9.17) is 4.74 Å². The quantitative estimate of drug-likeness (QED) is 0.653. The molecule has 3 rings (SSSR count). The zero-order valence-corrected chi connectivity index (χ0v) is 13.0. The Morgan fingerprint density at radius 3 is 2.65 bits per heavy atom. The Morgan fingerprint density at radius 2 is 1.91 bits per heavy atom. The average molecular weight is 333 g/mol. The maximum absolute atomic E-state index is 12.4. The van der Waals surface area contributed by atoms with Crippen LogP contribution in [0, 0.1) is 0 Å². The van der Waals surface area contributed by atoms with Gasteiger partial charge in [0.15, 0.2) is 11.5 Å². The van der Waals surface area contributed by atoms with Gasteiger partial charge in [0.25, 0.3) is 0 Å². The lowest BCUT2D eigenvalue weighted by Gasteiger charge is -2.10. The molecule has 1 aromatic heterocycles. The number of alkyl halides is 2. The van der Waals surface area contributed by atoms with Crippen LogP contribution in [0.2, 0.25) is 0 Å². The molecule has 0 spiro atoms. The van der Waals surface area contributed by atoms with Crippen molar-refractivity contribution in [3.63, 3.8) is 0 Å². The van der Waals surface area contributed by atoms with Gasteiger partial charge in [-0.1, -0.05) is 24.3 Å². The minimum absolute atomic E-state index is 0.00829. The molecule has 0 radical (unpaired) electrons. The Balaban J connectivity index is 1.86. The summed E-state index contributed by atoms with van der Waals surface area (Å²) in [5.74, 6) is 0.274. The third kappa shape index (κ3) is 3.65. The second kappa shape index (κ2) is 6.75. The largest absolute Gasteiger partial charge is 0.493 e. The molecular weight excluding hydrogens is 320 g/mol. The van der Waals surface area contributed by atoms with Gasteiger partial charge >= 0.3 is 6.61 Å². The molecular formula is C17H13F2NO2S. The van der Waals surface area contributed by atoms with Crippen LogP contribution < -0.4 is 9.47 Å². The predicted octanol–water partition coefficient (Wildman–Crippen LogP) is 5.08. The van der Waals surface area contributed by atoms with Gasteiger partial charge in [-0.25, -0.2) is 4.98 Å². The minimum atomic E-state index is -2.90. The van der Waals surface area contributed by atoms with Gasteiger partial charge in [0, 0.05) is 0 Å². The van der Waals surface area contributed by atoms with E-state index in [1.807, 2.05) is 30.3 Å². The summed E-state index contributed by atoms with van der Waals surface area (Å²) in [7, 11) is 1.41. The number of ether oxygens (including phenoxy) is 2. The molecule has 0 aliphatic carbocycles. The number of hydrogen-bond acceptors (Lipinski definition) is 4. The Bertz CT molecular complexity index is 812. The van der Waals surface area contributed by atoms with Crippen LogP contribution in [0.3, 0.4) is 0 Å². The summed E-state index contributed by atoms with van der Waals surface area (Å²) in [4.78, 5) is 4.49. The van der Waals surface area contributed by atoms with Crippen LogP contribution in [0.15, 0.2) is 42.5 Å². The Morgan fingerprint density at radius 1 is 1.09 bits per heavy atom. The van der Waals surface area contributed by atoms with Crippen molar-refractivity contribution < 1.29 is 18.3 Å². The maximum Gasteiger partial charge on any atom is 0.387 e. The number of aromatic nitrogens is 1. The van der Waals surface area contributed by atoms with Crippen molar-refractivity contribution in [1.29, 1.82) is 0 Å². The summed E-state index contributed by atoms with van der Waals surface area (Å²) < 4.78 is 35.5. The number of para-hydroxylation sites is 1. The number of halogens is 2. The molecule has 3 aromatic rings. The third-order valence-corrected chi connectivity index (χ3v) is 4.13. The molecule has 0 aliphatic rings. The lowest BCUT2D eigenvalue weighted by molar-refractivity contribution is -0.0512. The van der Waals surface area contributed by atoms with E-state index in [1.165, 1.54) is 13.2 Å². The molecule has 0 atom stereocenters. The van der Waals surface area contributed by atoms with Gasteiger partial charge in [0.1, 0.15) is 5.01 Å². The Kier molecular flexibility index (Phi) is 4.52. The van der Waals surface area contributed by atoms with E-state index in [-0.39, 0.29) is 11.5 Å². The van der Waals surface area contributed by atoms with Crippen molar-refractivity contribution in [2.45, 2.75) is 6.61 Å². The first-order chi connectivity index (χ1) is 11.2. The summed E-state index contributed by atoms with van der Waals surface area (Å²) >= 11 is 1.57. The fraction of sp³-hybridized carbons (Fsp3) is 0.118. The first-order valence-electron chi connectivity index (χ1n) is 6.82. The second-order valence-corrected chi connectivity index (χ2v) is 5.70. The van der Waals surface area contributed by atoms with Gasteiger partial charge in [0.05, 0.1) is 17.3 Å². The van der Waals surface area contributed by atoms with Gasteiger partial charge < -0.3 is 9.47 Å². The van der Waals surface area contributed by atoms with Gasteiger partial charge in [-0.2, -0.15) is 8.78 Å². The monoisotopic (exact) mass is 333 g/mol. The Hall–Kier alpha value is -2.47. The van der Waals surface area contributed by atoms with Gasteiger partial charge in [-0.05, 0) is 35.9 Å².